The maximum absolute atomic E-state index is 12.9. The van der Waals surface area contributed by atoms with E-state index >= 15 is 0 Å². The molecule has 6 nitrogen and oxygen atoms in total. The Kier molecular flexibility index (Phi) is 63.4. The number of unbranched alkanes of at least 4 members (excludes halogenated alkanes) is 21. The molecule has 0 saturated heterocycles. The minimum atomic E-state index is -0.809. The van der Waals surface area contributed by atoms with Gasteiger partial charge in [-0.25, -0.2) is 0 Å². The number of hydrogen-bond donors (Lipinski definition) is 0. The molecule has 1 unspecified atom stereocenters. The molecule has 0 saturated carbocycles. The van der Waals surface area contributed by atoms with Crippen LogP contribution < -0.4 is 0 Å². The van der Waals surface area contributed by atoms with Gasteiger partial charge in [0, 0.05) is 19.3 Å². The van der Waals surface area contributed by atoms with Crippen LogP contribution in [0.4, 0.5) is 0 Å². The quantitative estimate of drug-likeness (QED) is 0.0261. The Morgan fingerprint density at radius 1 is 0.259 bits per heavy atom. The molecule has 0 spiro atoms. The predicted octanol–water partition coefficient (Wildman–Crippen LogP) is 22.9. The van der Waals surface area contributed by atoms with Gasteiger partial charge in [0.1, 0.15) is 13.2 Å². The van der Waals surface area contributed by atoms with Crippen LogP contribution in [-0.2, 0) is 28.6 Å². The lowest BCUT2D eigenvalue weighted by Gasteiger charge is -2.18. The van der Waals surface area contributed by atoms with Crippen LogP contribution in [0, 0.1) is 0 Å². The number of rotatable bonds is 58. The lowest BCUT2D eigenvalue weighted by atomic mass is 10.1. The zero-order chi connectivity index (χ0) is 58.5. The zero-order valence-corrected chi connectivity index (χ0v) is 52.2. The molecule has 0 rings (SSSR count). The highest BCUT2D eigenvalue weighted by Gasteiger charge is 2.19. The Labute approximate surface area is 499 Å². The number of hydrogen-bond acceptors (Lipinski definition) is 6. The van der Waals surface area contributed by atoms with Gasteiger partial charge in [-0.3, -0.25) is 14.4 Å². The van der Waals surface area contributed by atoms with E-state index in [0.29, 0.717) is 25.7 Å². The van der Waals surface area contributed by atoms with Crippen LogP contribution in [0.2, 0.25) is 0 Å². The van der Waals surface area contributed by atoms with Gasteiger partial charge in [0.15, 0.2) is 6.10 Å². The highest BCUT2D eigenvalue weighted by atomic mass is 16.6. The molecule has 0 fully saturated rings. The van der Waals surface area contributed by atoms with E-state index in [1.807, 2.05) is 0 Å². The number of carbonyl (C=O) groups is 3. The van der Waals surface area contributed by atoms with E-state index < -0.39 is 6.10 Å². The molecular weight excluding hydrogens is 997 g/mol. The first-order valence-electron chi connectivity index (χ1n) is 33.0. The fourth-order valence-corrected chi connectivity index (χ4v) is 8.59. The molecule has 1 atom stereocenters. The summed E-state index contributed by atoms with van der Waals surface area (Å²) in [4.78, 5) is 38.3. The lowest BCUT2D eigenvalue weighted by molar-refractivity contribution is -0.167. The number of ether oxygens (including phenoxy) is 3. The first-order valence-corrected chi connectivity index (χ1v) is 33.0. The Morgan fingerprint density at radius 3 is 0.802 bits per heavy atom. The molecule has 0 bridgehead atoms. The van der Waals surface area contributed by atoms with E-state index in [2.05, 4.69) is 179 Å². The topological polar surface area (TPSA) is 78.9 Å². The molecule has 0 radical (unpaired) electrons. The van der Waals surface area contributed by atoms with Gasteiger partial charge in [0.25, 0.3) is 0 Å². The van der Waals surface area contributed by atoms with Crippen molar-refractivity contribution >= 4 is 17.9 Å². The third kappa shape index (κ3) is 65.7. The van der Waals surface area contributed by atoms with Crippen LogP contribution in [0.1, 0.15) is 278 Å². The van der Waals surface area contributed by atoms with Gasteiger partial charge in [-0.15, -0.1) is 0 Å². The second-order valence-corrected chi connectivity index (χ2v) is 21.3. The summed E-state index contributed by atoms with van der Waals surface area (Å²) in [5, 5.41) is 0. The molecule has 0 aromatic rings. The first kappa shape index (κ1) is 76.0. The van der Waals surface area contributed by atoms with E-state index in [1.165, 1.54) is 89.9 Å². The SMILES string of the molecule is CC/C=C\C/C=C\C/C=C\C/C=C\C/C=C\C/C=C\C/C=C\C/C=C\C/C=C\C/C=C\CCCCC(=O)OCC(COC(=O)CCCCCCCCCCCCC)OC(=O)CCCCCCCC/C=C\C/C=C\C/C=C\CCCCC. The van der Waals surface area contributed by atoms with Crippen LogP contribution in [0.3, 0.4) is 0 Å². The molecule has 0 heterocycles. The van der Waals surface area contributed by atoms with E-state index in [9.17, 15) is 14.4 Å². The van der Waals surface area contributed by atoms with Crippen molar-refractivity contribution in [2.45, 2.75) is 284 Å². The van der Waals surface area contributed by atoms with Crippen LogP contribution in [0.15, 0.2) is 158 Å². The van der Waals surface area contributed by atoms with Gasteiger partial charge in [0.2, 0.25) is 0 Å². The van der Waals surface area contributed by atoms with Crippen molar-refractivity contribution in [3.8, 4) is 0 Å². The highest BCUT2D eigenvalue weighted by Crippen LogP contribution is 2.14. The average Bonchev–Trinajstić information content (AvgIpc) is 3.47. The molecule has 81 heavy (non-hydrogen) atoms. The summed E-state index contributed by atoms with van der Waals surface area (Å²) < 4.78 is 16.9. The van der Waals surface area contributed by atoms with Gasteiger partial charge in [-0.1, -0.05) is 281 Å². The minimum Gasteiger partial charge on any atom is -0.462 e. The minimum absolute atomic E-state index is 0.101. The Hall–Kier alpha value is -4.97. The third-order valence-electron chi connectivity index (χ3n) is 13.5. The van der Waals surface area contributed by atoms with Gasteiger partial charge in [-0.2, -0.15) is 0 Å². The molecule has 0 aromatic heterocycles. The van der Waals surface area contributed by atoms with Crippen molar-refractivity contribution in [1.29, 1.82) is 0 Å². The summed E-state index contributed by atoms with van der Waals surface area (Å²) in [6, 6.07) is 0. The standard InChI is InChI=1S/C75H120O6/c1-4-7-10-13-16-19-22-24-26-28-30-31-32-33-34-35-36-37-38-39-40-41-42-43-45-46-48-50-53-56-59-62-65-68-74(77)80-71-72(70-79-73(76)67-64-61-58-55-52-21-18-15-12-9-6-3)81-75(78)69-66-63-60-57-54-51-49-47-44-29-27-25-23-20-17-14-11-8-5-2/h7,10,16-17,19-20,24-27,30-31,33-34,36-37,39-40,42-44,46-48,53,56,72H,4-6,8-9,11-15,18,21-23,28-29,32,35,38,41,45,49-52,54-55,57-71H2,1-3H3/b10-7-,19-16-,20-17-,26-24-,27-25-,31-30-,34-33-,37-36-,40-39-,43-42-,47-44-,48-46-,56-53-. The lowest BCUT2D eigenvalue weighted by Crippen LogP contribution is -2.30. The second-order valence-electron chi connectivity index (χ2n) is 21.3. The van der Waals surface area contributed by atoms with E-state index in [1.54, 1.807) is 0 Å². The largest absolute Gasteiger partial charge is 0.462 e. The normalized spacial score (nSPS) is 13.2. The smallest absolute Gasteiger partial charge is 0.306 e. The zero-order valence-electron chi connectivity index (χ0n) is 52.2. The van der Waals surface area contributed by atoms with Crippen molar-refractivity contribution in [2.24, 2.45) is 0 Å². The molecule has 0 aromatic carbocycles. The Bertz CT molecular complexity index is 1810. The fraction of sp³-hybridized carbons (Fsp3) is 0.613. The van der Waals surface area contributed by atoms with Crippen LogP contribution in [-0.4, -0.2) is 37.2 Å². The maximum atomic E-state index is 12.9. The summed E-state index contributed by atoms with van der Waals surface area (Å²) in [5.74, 6) is -0.962. The molecule has 0 aliphatic rings. The Morgan fingerprint density at radius 2 is 0.481 bits per heavy atom. The van der Waals surface area contributed by atoms with Gasteiger partial charge in [0.05, 0.1) is 0 Å². The van der Waals surface area contributed by atoms with Gasteiger partial charge < -0.3 is 14.2 Å². The third-order valence-corrected chi connectivity index (χ3v) is 13.5. The maximum Gasteiger partial charge on any atom is 0.306 e. The van der Waals surface area contributed by atoms with Crippen LogP contribution in [0.25, 0.3) is 0 Å². The van der Waals surface area contributed by atoms with E-state index in [0.717, 1.165) is 141 Å². The first-order chi connectivity index (χ1) is 40.0. The number of carbonyl (C=O) groups excluding carboxylic acids is 3. The summed E-state index contributed by atoms with van der Waals surface area (Å²) >= 11 is 0. The molecule has 0 aliphatic heterocycles. The average molecular weight is 1120 g/mol. The number of esters is 3. The molecule has 0 amide bonds. The second kappa shape index (κ2) is 67.5. The monoisotopic (exact) mass is 1120 g/mol. The summed E-state index contributed by atoms with van der Waals surface area (Å²) in [5.41, 5.74) is 0. The van der Waals surface area contributed by atoms with Crippen LogP contribution in [0.5, 0.6) is 0 Å². The van der Waals surface area contributed by atoms with E-state index in [4.69, 9.17) is 14.2 Å². The summed E-state index contributed by atoms with van der Waals surface area (Å²) in [7, 11) is 0. The molecular formula is C75H120O6. The summed E-state index contributed by atoms with van der Waals surface area (Å²) in [6.07, 6.45) is 98.2. The van der Waals surface area contributed by atoms with Gasteiger partial charge >= 0.3 is 17.9 Å². The van der Waals surface area contributed by atoms with Crippen molar-refractivity contribution < 1.29 is 28.6 Å². The molecule has 0 N–H and O–H groups in total. The molecule has 0 aliphatic carbocycles. The van der Waals surface area contributed by atoms with Crippen molar-refractivity contribution in [3.05, 3.63) is 158 Å². The highest BCUT2D eigenvalue weighted by molar-refractivity contribution is 5.71. The molecule has 456 valence electrons. The van der Waals surface area contributed by atoms with Crippen LogP contribution >= 0.6 is 0 Å². The predicted molar refractivity (Wildman–Crippen MR) is 352 cm³/mol. The number of allylic oxidation sites excluding steroid dienone is 26. The van der Waals surface area contributed by atoms with Crippen molar-refractivity contribution in [1.82, 2.24) is 0 Å². The van der Waals surface area contributed by atoms with Crippen molar-refractivity contribution in [2.75, 3.05) is 13.2 Å². The van der Waals surface area contributed by atoms with Crippen molar-refractivity contribution in [3.63, 3.8) is 0 Å². The Balaban J connectivity index is 4.39. The van der Waals surface area contributed by atoms with Gasteiger partial charge in [-0.05, 0) is 135 Å². The summed E-state index contributed by atoms with van der Waals surface area (Å²) in [6.45, 7) is 6.44. The van der Waals surface area contributed by atoms with E-state index in [-0.39, 0.29) is 31.1 Å². The molecule has 6 heteroatoms. The fourth-order valence-electron chi connectivity index (χ4n) is 8.59.